The van der Waals surface area contributed by atoms with Crippen molar-refractivity contribution in [3.05, 3.63) is 36.2 Å². The summed E-state index contributed by atoms with van der Waals surface area (Å²) < 4.78 is 2.03. The number of allylic oxidation sites excluding steroid dienone is 1. The van der Waals surface area contributed by atoms with Gasteiger partial charge in [0, 0.05) is 24.5 Å². The average molecular weight is 164 g/mol. The molecule has 0 aliphatic rings. The molecule has 0 atom stereocenters. The maximum absolute atomic E-state index is 10.3. The third kappa shape index (κ3) is 2.27. The van der Waals surface area contributed by atoms with Crippen LogP contribution in [0.3, 0.4) is 0 Å². The highest BCUT2D eigenvalue weighted by Crippen LogP contribution is 1.99. The molecule has 3 nitrogen and oxygen atoms in total. The Balaban J connectivity index is 2.54. The van der Waals surface area contributed by atoms with Crippen molar-refractivity contribution >= 4 is 5.91 Å². The minimum Gasteiger partial charge on any atom is -0.366 e. The van der Waals surface area contributed by atoms with Gasteiger partial charge in [-0.2, -0.15) is 0 Å². The number of hydrogen-bond donors (Lipinski definition) is 1. The molecule has 1 amide bonds. The maximum atomic E-state index is 10.3. The first kappa shape index (κ1) is 8.59. The minimum absolute atomic E-state index is 0.403. The topological polar surface area (TPSA) is 48.0 Å². The van der Waals surface area contributed by atoms with Gasteiger partial charge >= 0.3 is 0 Å². The Morgan fingerprint density at radius 3 is 3.00 bits per heavy atom. The summed E-state index contributed by atoms with van der Waals surface area (Å²) in [4.78, 5) is 10.3. The van der Waals surface area contributed by atoms with Gasteiger partial charge in [0.05, 0.1) is 0 Å². The van der Waals surface area contributed by atoms with Crippen LogP contribution in [0.1, 0.15) is 5.69 Å². The minimum atomic E-state index is -0.403. The third-order valence-electron chi connectivity index (χ3n) is 1.64. The summed E-state index contributed by atoms with van der Waals surface area (Å²) >= 11 is 0. The van der Waals surface area contributed by atoms with Crippen molar-refractivity contribution in [3.8, 4) is 0 Å². The fraction of sp³-hybridized carbons (Fsp3) is 0.222. The molecule has 0 fully saturated rings. The monoisotopic (exact) mass is 164 g/mol. The van der Waals surface area contributed by atoms with E-state index in [1.54, 1.807) is 6.08 Å². The molecule has 0 unspecified atom stereocenters. The molecule has 0 aromatic carbocycles. The summed E-state index contributed by atoms with van der Waals surface area (Å²) in [7, 11) is 0. The van der Waals surface area contributed by atoms with Gasteiger partial charge in [0.2, 0.25) is 5.91 Å². The maximum Gasteiger partial charge on any atom is 0.241 e. The molecule has 0 radical (unpaired) electrons. The zero-order valence-electron chi connectivity index (χ0n) is 7.03. The number of hydrogen-bond acceptors (Lipinski definition) is 1. The van der Waals surface area contributed by atoms with E-state index in [-0.39, 0.29) is 0 Å². The van der Waals surface area contributed by atoms with Gasteiger partial charge in [-0.1, -0.05) is 6.08 Å². The molecule has 2 N–H and O–H groups in total. The van der Waals surface area contributed by atoms with Crippen LogP contribution >= 0.6 is 0 Å². The van der Waals surface area contributed by atoms with Gasteiger partial charge in [0.1, 0.15) is 0 Å². The van der Waals surface area contributed by atoms with Crippen LogP contribution in [0.25, 0.3) is 0 Å². The first-order valence-corrected chi connectivity index (χ1v) is 3.78. The lowest BCUT2D eigenvalue weighted by atomic mass is 10.4. The highest BCUT2D eigenvalue weighted by Gasteiger charge is 1.90. The molecule has 1 rings (SSSR count). The van der Waals surface area contributed by atoms with Crippen molar-refractivity contribution in [1.82, 2.24) is 4.57 Å². The summed E-state index contributed by atoms with van der Waals surface area (Å²) in [5.41, 5.74) is 6.11. The van der Waals surface area contributed by atoms with Gasteiger partial charge in [-0.25, -0.2) is 0 Å². The lowest BCUT2D eigenvalue weighted by Gasteiger charge is -1.99. The van der Waals surface area contributed by atoms with E-state index < -0.39 is 5.91 Å². The van der Waals surface area contributed by atoms with E-state index in [4.69, 9.17) is 5.73 Å². The quantitative estimate of drug-likeness (QED) is 0.661. The first-order chi connectivity index (χ1) is 5.70. The summed E-state index contributed by atoms with van der Waals surface area (Å²) in [6.07, 6.45) is 5.08. The molecule has 0 aliphatic carbocycles. The van der Waals surface area contributed by atoms with Crippen LogP contribution in [0.2, 0.25) is 0 Å². The Hall–Kier alpha value is -1.51. The molecule has 12 heavy (non-hydrogen) atoms. The molecule has 1 aromatic heterocycles. The van der Waals surface area contributed by atoms with Crippen molar-refractivity contribution in [3.63, 3.8) is 0 Å². The van der Waals surface area contributed by atoms with E-state index in [2.05, 4.69) is 0 Å². The molecule has 0 aliphatic heterocycles. The standard InChI is InChI=1S/C9H12N2O/c1-8-4-2-6-11(8)7-3-5-9(10)12/h2-6H,7H2,1H3,(H2,10,12)/b5-3+. The van der Waals surface area contributed by atoms with Crippen molar-refractivity contribution in [2.24, 2.45) is 5.73 Å². The number of amides is 1. The summed E-state index contributed by atoms with van der Waals surface area (Å²) in [6, 6.07) is 3.98. The summed E-state index contributed by atoms with van der Waals surface area (Å²) in [5, 5.41) is 0. The van der Waals surface area contributed by atoms with Crippen LogP contribution in [0.15, 0.2) is 30.5 Å². The highest BCUT2D eigenvalue weighted by atomic mass is 16.1. The predicted molar refractivity (Wildman–Crippen MR) is 47.5 cm³/mol. The number of nitrogens with zero attached hydrogens (tertiary/aromatic N) is 1. The SMILES string of the molecule is Cc1cccn1C/C=C/C(N)=O. The van der Waals surface area contributed by atoms with E-state index >= 15 is 0 Å². The smallest absolute Gasteiger partial charge is 0.241 e. The largest absolute Gasteiger partial charge is 0.366 e. The van der Waals surface area contributed by atoms with Crippen LogP contribution < -0.4 is 5.73 Å². The normalized spacial score (nSPS) is 10.8. The number of primary amides is 1. The van der Waals surface area contributed by atoms with Crippen molar-refractivity contribution in [2.75, 3.05) is 0 Å². The second-order valence-corrected chi connectivity index (χ2v) is 2.61. The Kier molecular flexibility index (Phi) is 2.69. The number of carbonyl (C=O) groups excluding carboxylic acids is 1. The number of rotatable bonds is 3. The molecule has 0 spiro atoms. The summed E-state index contributed by atoms with van der Waals surface area (Å²) in [5.74, 6) is -0.403. The fourth-order valence-electron chi connectivity index (χ4n) is 0.987. The lowest BCUT2D eigenvalue weighted by Crippen LogP contribution is -2.06. The van der Waals surface area contributed by atoms with Crippen molar-refractivity contribution < 1.29 is 4.79 Å². The van der Waals surface area contributed by atoms with Crippen LogP contribution in [-0.2, 0) is 11.3 Å². The second kappa shape index (κ2) is 3.76. The van der Waals surface area contributed by atoms with E-state index in [9.17, 15) is 4.79 Å². The van der Waals surface area contributed by atoms with Gasteiger partial charge < -0.3 is 10.3 Å². The molecule has 0 bridgehead atoms. The molecular weight excluding hydrogens is 152 g/mol. The Labute approximate surface area is 71.5 Å². The van der Waals surface area contributed by atoms with Crippen molar-refractivity contribution in [2.45, 2.75) is 13.5 Å². The van der Waals surface area contributed by atoms with Gasteiger partial charge in [-0.15, -0.1) is 0 Å². The number of aryl methyl sites for hydroxylation is 1. The second-order valence-electron chi connectivity index (χ2n) is 2.61. The lowest BCUT2D eigenvalue weighted by molar-refractivity contribution is -0.113. The Bertz CT molecular complexity index is 299. The molecule has 0 saturated heterocycles. The summed E-state index contributed by atoms with van der Waals surface area (Å²) in [6.45, 7) is 2.71. The van der Waals surface area contributed by atoms with E-state index in [0.717, 1.165) is 0 Å². The van der Waals surface area contributed by atoms with Gasteiger partial charge in [0.25, 0.3) is 0 Å². The molecule has 0 saturated carbocycles. The molecule has 64 valence electrons. The zero-order chi connectivity index (χ0) is 8.97. The van der Waals surface area contributed by atoms with E-state index in [1.807, 2.05) is 29.8 Å². The molecular formula is C9H12N2O. The third-order valence-corrected chi connectivity index (χ3v) is 1.64. The Morgan fingerprint density at radius 2 is 2.50 bits per heavy atom. The molecule has 1 aromatic rings. The van der Waals surface area contributed by atoms with Crippen LogP contribution in [0, 0.1) is 6.92 Å². The van der Waals surface area contributed by atoms with Gasteiger partial charge in [-0.3, -0.25) is 4.79 Å². The molecule has 1 heterocycles. The van der Waals surface area contributed by atoms with E-state index in [0.29, 0.717) is 6.54 Å². The predicted octanol–water partition coefficient (Wildman–Crippen LogP) is 0.838. The Morgan fingerprint density at radius 1 is 1.75 bits per heavy atom. The van der Waals surface area contributed by atoms with Crippen LogP contribution in [-0.4, -0.2) is 10.5 Å². The van der Waals surface area contributed by atoms with Crippen molar-refractivity contribution in [1.29, 1.82) is 0 Å². The van der Waals surface area contributed by atoms with E-state index in [1.165, 1.54) is 11.8 Å². The number of aromatic nitrogens is 1. The van der Waals surface area contributed by atoms with Gasteiger partial charge in [0.15, 0.2) is 0 Å². The van der Waals surface area contributed by atoms with Gasteiger partial charge in [-0.05, 0) is 19.1 Å². The zero-order valence-corrected chi connectivity index (χ0v) is 7.03. The number of nitrogens with two attached hydrogens (primary N) is 1. The van der Waals surface area contributed by atoms with Crippen LogP contribution in [0.5, 0.6) is 0 Å². The highest BCUT2D eigenvalue weighted by molar-refractivity contribution is 5.85. The average Bonchev–Trinajstić information content (AvgIpc) is 2.36. The van der Waals surface area contributed by atoms with Crippen LogP contribution in [0.4, 0.5) is 0 Å². The molecule has 3 heteroatoms. The first-order valence-electron chi connectivity index (χ1n) is 3.78. The fourth-order valence-corrected chi connectivity index (χ4v) is 0.987. The number of carbonyl (C=O) groups is 1.